The van der Waals surface area contributed by atoms with Crippen molar-refractivity contribution in [3.63, 3.8) is 0 Å². The van der Waals surface area contributed by atoms with Crippen LogP contribution in [0.25, 0.3) is 47.6 Å². The Morgan fingerprint density at radius 3 is 0.710 bits per heavy atom. The van der Waals surface area contributed by atoms with Gasteiger partial charge < -0.3 is 0 Å². The zero-order chi connectivity index (χ0) is 41.8. The van der Waals surface area contributed by atoms with Crippen LogP contribution in [0.1, 0.15) is 184 Å². The molecule has 4 aliphatic carbocycles. The Bertz CT molecular complexity index is 2100. The summed E-state index contributed by atoms with van der Waals surface area (Å²) in [6, 6.07) is 46.4. The second-order valence-corrected chi connectivity index (χ2v) is 18.7. The van der Waals surface area contributed by atoms with E-state index >= 15 is 0 Å². The van der Waals surface area contributed by atoms with Gasteiger partial charge >= 0.3 is 0 Å². The summed E-state index contributed by atoms with van der Waals surface area (Å²) in [6.07, 6.45) is 40.7. The first-order valence-corrected chi connectivity index (χ1v) is 24.4. The molecule has 314 valence electrons. The molecule has 0 heterocycles. The highest BCUT2D eigenvalue weighted by molar-refractivity contribution is 5.97. The van der Waals surface area contributed by atoms with Crippen molar-refractivity contribution in [1.82, 2.24) is 0 Å². The van der Waals surface area contributed by atoms with Crippen molar-refractivity contribution in [3.05, 3.63) is 199 Å². The van der Waals surface area contributed by atoms with Gasteiger partial charge in [-0.3, -0.25) is 0 Å². The van der Waals surface area contributed by atoms with Gasteiger partial charge in [0.2, 0.25) is 0 Å². The molecule has 9 rings (SSSR count). The average molecular weight is 811 g/mol. The van der Waals surface area contributed by atoms with Crippen molar-refractivity contribution in [2.24, 2.45) is 0 Å². The smallest absolute Gasteiger partial charge is 0.0105 e. The van der Waals surface area contributed by atoms with Crippen molar-refractivity contribution in [2.75, 3.05) is 0 Å². The molecule has 0 aliphatic heterocycles. The van der Waals surface area contributed by atoms with E-state index in [-0.39, 0.29) is 0 Å². The summed E-state index contributed by atoms with van der Waals surface area (Å²) in [5.41, 5.74) is 21.6. The second kappa shape index (κ2) is 21.1. The fourth-order valence-electron chi connectivity index (χ4n) is 10.3. The molecule has 0 nitrogen and oxygen atoms in total. The number of benzene rings is 5. The van der Waals surface area contributed by atoms with Crippen molar-refractivity contribution >= 4 is 47.6 Å². The molecule has 0 amide bonds. The summed E-state index contributed by atoms with van der Waals surface area (Å²) in [6.45, 7) is 0. The van der Waals surface area contributed by atoms with Gasteiger partial charge in [-0.1, -0.05) is 194 Å². The largest absolute Gasteiger partial charge is 0.0696 e. The molecule has 62 heavy (non-hydrogen) atoms. The third-order valence-electron chi connectivity index (χ3n) is 13.9. The van der Waals surface area contributed by atoms with Gasteiger partial charge in [0, 0.05) is 0 Å². The molecule has 0 bridgehead atoms. The quantitative estimate of drug-likeness (QED) is 0.123. The third-order valence-corrected chi connectivity index (χ3v) is 13.9. The molecule has 5 aromatic rings. The Morgan fingerprint density at radius 1 is 0.258 bits per heavy atom. The molecule has 0 unspecified atom stereocenters. The molecule has 4 aliphatic rings. The standard InChI is InChI=1S/C62H66/c1-5-15-47(16-6-1)41-51-25-33-55(34-26-51)61(56-35-27-52(28-36-56)42-48-17-7-2-8-18-48)45-59-23-13-14-24-60(59)46-62(57-37-29-53(30-38-57)43-49-19-9-3-10-20-49)58-39-31-54(32-40-58)44-50-21-11-4-12-22-50/h13-14,23-46H,1-12,15-22H2. The van der Waals surface area contributed by atoms with E-state index in [0.29, 0.717) is 0 Å². The minimum Gasteiger partial charge on any atom is -0.0696 e. The number of rotatable bonds is 10. The summed E-state index contributed by atoms with van der Waals surface area (Å²) in [4.78, 5) is 0. The molecular weight excluding hydrogens is 745 g/mol. The minimum atomic E-state index is 1.22. The zero-order valence-electron chi connectivity index (χ0n) is 37.2. The lowest BCUT2D eigenvalue weighted by Gasteiger charge is -2.16. The summed E-state index contributed by atoms with van der Waals surface area (Å²) < 4.78 is 0. The summed E-state index contributed by atoms with van der Waals surface area (Å²) >= 11 is 0. The predicted octanol–water partition coefficient (Wildman–Crippen LogP) is 18.3. The van der Waals surface area contributed by atoms with Crippen molar-refractivity contribution in [3.8, 4) is 0 Å². The highest BCUT2D eigenvalue weighted by Gasteiger charge is 2.14. The molecular formula is C62H66. The van der Waals surface area contributed by atoms with Crippen LogP contribution in [-0.2, 0) is 0 Å². The molecule has 0 aromatic heterocycles. The van der Waals surface area contributed by atoms with E-state index in [1.807, 2.05) is 0 Å². The van der Waals surface area contributed by atoms with Gasteiger partial charge in [0.15, 0.2) is 0 Å². The summed E-state index contributed by atoms with van der Waals surface area (Å²) in [7, 11) is 0. The van der Waals surface area contributed by atoms with Crippen LogP contribution < -0.4 is 0 Å². The highest BCUT2D eigenvalue weighted by Crippen LogP contribution is 2.35. The normalized spacial score (nSPS) is 16.9. The Hall–Kier alpha value is -5.46. The van der Waals surface area contributed by atoms with Crippen molar-refractivity contribution in [2.45, 2.75) is 128 Å². The maximum atomic E-state index is 2.44. The van der Waals surface area contributed by atoms with Gasteiger partial charge in [0.05, 0.1) is 0 Å². The van der Waals surface area contributed by atoms with Crippen LogP contribution in [0.5, 0.6) is 0 Å². The molecule has 0 atom stereocenters. The van der Waals surface area contributed by atoms with Crippen LogP contribution in [0.3, 0.4) is 0 Å². The molecule has 5 aromatic carbocycles. The maximum Gasteiger partial charge on any atom is -0.0105 e. The Morgan fingerprint density at radius 2 is 0.484 bits per heavy atom. The van der Waals surface area contributed by atoms with Gasteiger partial charge in [-0.05, 0) is 182 Å². The van der Waals surface area contributed by atoms with E-state index in [2.05, 4.69) is 158 Å². The maximum absolute atomic E-state index is 2.44. The van der Waals surface area contributed by atoms with Crippen LogP contribution in [0.4, 0.5) is 0 Å². The summed E-state index contributed by atoms with van der Waals surface area (Å²) in [5, 5.41) is 0. The lowest BCUT2D eigenvalue weighted by Crippen LogP contribution is -1.95. The van der Waals surface area contributed by atoms with Crippen LogP contribution >= 0.6 is 0 Å². The van der Waals surface area contributed by atoms with Gasteiger partial charge in [-0.15, -0.1) is 0 Å². The fourth-order valence-corrected chi connectivity index (χ4v) is 10.3. The topological polar surface area (TPSA) is 0 Å². The zero-order valence-corrected chi connectivity index (χ0v) is 37.2. The van der Waals surface area contributed by atoms with Crippen LogP contribution in [0.15, 0.2) is 144 Å². The second-order valence-electron chi connectivity index (χ2n) is 18.7. The van der Waals surface area contributed by atoms with E-state index in [0.717, 1.165) is 0 Å². The summed E-state index contributed by atoms with van der Waals surface area (Å²) in [5.74, 6) is 0. The molecule has 4 saturated carbocycles. The first-order valence-electron chi connectivity index (χ1n) is 24.4. The third kappa shape index (κ3) is 11.3. The molecule has 0 heteroatoms. The number of hydrogen-bond donors (Lipinski definition) is 0. The molecule has 4 fully saturated rings. The van der Waals surface area contributed by atoms with Gasteiger partial charge in [0.1, 0.15) is 0 Å². The first-order chi connectivity index (χ1) is 30.7. The minimum absolute atomic E-state index is 1.22. The first kappa shape index (κ1) is 41.9. The van der Waals surface area contributed by atoms with Crippen molar-refractivity contribution in [1.29, 1.82) is 0 Å². The fraction of sp³-hybridized carbons (Fsp3) is 0.323. The monoisotopic (exact) mass is 811 g/mol. The Labute approximate surface area is 373 Å². The van der Waals surface area contributed by atoms with Crippen LogP contribution in [0.2, 0.25) is 0 Å². The molecule has 0 N–H and O–H groups in total. The average Bonchev–Trinajstić information content (AvgIpc) is 3.33. The van der Waals surface area contributed by atoms with Crippen molar-refractivity contribution < 1.29 is 0 Å². The van der Waals surface area contributed by atoms with E-state index < -0.39 is 0 Å². The number of hydrogen-bond acceptors (Lipinski definition) is 0. The highest BCUT2D eigenvalue weighted by atomic mass is 14.2. The lowest BCUT2D eigenvalue weighted by molar-refractivity contribution is 0.602. The van der Waals surface area contributed by atoms with Crippen LogP contribution in [-0.4, -0.2) is 0 Å². The van der Waals surface area contributed by atoms with Crippen LogP contribution in [0, 0.1) is 0 Å². The lowest BCUT2D eigenvalue weighted by atomic mass is 9.89. The molecule has 0 saturated heterocycles. The number of allylic oxidation sites excluding steroid dienone is 4. The van der Waals surface area contributed by atoms with E-state index in [1.54, 1.807) is 22.3 Å². The molecule has 0 spiro atoms. The van der Waals surface area contributed by atoms with Gasteiger partial charge in [-0.2, -0.15) is 0 Å². The van der Waals surface area contributed by atoms with E-state index in [4.69, 9.17) is 0 Å². The Balaban J connectivity index is 1.10. The van der Waals surface area contributed by atoms with E-state index in [1.165, 1.54) is 195 Å². The SMILES string of the molecule is C(=C1CCCCC1)c1ccc(C(=Cc2ccccc2C=C(c2ccc(C=C3CCCCC3)cc2)c2ccc(C=C3CCCCC3)cc2)c2ccc(C=C3CCCCC3)cc2)cc1. The van der Waals surface area contributed by atoms with E-state index in [9.17, 15) is 0 Å². The predicted molar refractivity (Wildman–Crippen MR) is 270 cm³/mol. The van der Waals surface area contributed by atoms with Gasteiger partial charge in [0.25, 0.3) is 0 Å². The Kier molecular flexibility index (Phi) is 14.2. The molecule has 0 radical (unpaired) electrons. The van der Waals surface area contributed by atoms with Gasteiger partial charge in [-0.25, -0.2) is 0 Å².